The molecule has 3 rings (SSSR count). The number of Topliss-reactive ketones (excluding diaryl/α,β-unsaturated/α-hetero) is 1. The van der Waals surface area contributed by atoms with Crippen LogP contribution in [0.3, 0.4) is 0 Å². The second-order valence-electron chi connectivity index (χ2n) is 6.18. The zero-order chi connectivity index (χ0) is 19.9. The van der Waals surface area contributed by atoms with Gasteiger partial charge < -0.3 is 14.6 Å². The molecule has 0 aliphatic rings. The van der Waals surface area contributed by atoms with Crippen LogP contribution in [0.15, 0.2) is 59.1 Å². The number of amides is 1. The Kier molecular flexibility index (Phi) is 6.16. The number of carbonyl (C=O) groups excluding carboxylic acids is 2. The molecule has 144 valence electrons. The summed E-state index contributed by atoms with van der Waals surface area (Å²) >= 11 is 0. The van der Waals surface area contributed by atoms with E-state index in [-0.39, 0.29) is 29.8 Å². The van der Waals surface area contributed by atoms with E-state index in [4.69, 9.17) is 9.26 Å². The summed E-state index contributed by atoms with van der Waals surface area (Å²) < 4.78 is 23.8. The molecule has 2 aromatic carbocycles. The Hall–Kier alpha value is -3.48. The maximum Gasteiger partial charge on any atom is 0.273 e. The van der Waals surface area contributed by atoms with Crippen LogP contribution in [0.1, 0.15) is 39.1 Å². The van der Waals surface area contributed by atoms with Crippen molar-refractivity contribution >= 4 is 11.7 Å². The van der Waals surface area contributed by atoms with E-state index in [0.717, 1.165) is 5.56 Å². The highest BCUT2D eigenvalue weighted by Crippen LogP contribution is 2.15. The predicted molar refractivity (Wildman–Crippen MR) is 99.7 cm³/mol. The number of nitrogens with zero attached hydrogens (tertiary/aromatic N) is 1. The first kappa shape index (κ1) is 19.3. The number of nitrogens with one attached hydrogen (secondary N) is 1. The normalized spacial score (nSPS) is 10.5. The topological polar surface area (TPSA) is 81.4 Å². The number of rotatable bonds is 8. The van der Waals surface area contributed by atoms with E-state index >= 15 is 0 Å². The van der Waals surface area contributed by atoms with E-state index in [2.05, 4.69) is 10.5 Å². The molecule has 0 aliphatic heterocycles. The molecule has 1 N–H and O–H groups in total. The Morgan fingerprint density at radius 1 is 1.14 bits per heavy atom. The molecule has 6 nitrogen and oxygen atoms in total. The van der Waals surface area contributed by atoms with Gasteiger partial charge in [0.25, 0.3) is 5.91 Å². The van der Waals surface area contributed by atoms with Gasteiger partial charge in [0.15, 0.2) is 17.2 Å². The van der Waals surface area contributed by atoms with Crippen LogP contribution in [-0.4, -0.2) is 23.4 Å². The smallest absolute Gasteiger partial charge is 0.273 e. The average Bonchev–Trinajstić information content (AvgIpc) is 3.16. The fourth-order valence-electron chi connectivity index (χ4n) is 2.53. The van der Waals surface area contributed by atoms with Crippen LogP contribution < -0.4 is 10.1 Å². The van der Waals surface area contributed by atoms with Crippen LogP contribution in [-0.2, 0) is 13.0 Å². The van der Waals surface area contributed by atoms with Gasteiger partial charge in [-0.1, -0.05) is 17.3 Å². The third-order valence-electron chi connectivity index (χ3n) is 4.02. The fraction of sp³-hybridized carbons (Fsp3) is 0.190. The minimum Gasteiger partial charge on any atom is -0.486 e. The van der Waals surface area contributed by atoms with Crippen LogP contribution in [0.2, 0.25) is 0 Å². The molecule has 0 atom stereocenters. The molecule has 0 radical (unpaired) electrons. The van der Waals surface area contributed by atoms with Crippen LogP contribution in [0.25, 0.3) is 0 Å². The first-order valence-electron chi connectivity index (χ1n) is 8.73. The maximum atomic E-state index is 13.1. The standard InChI is InChI=1S/C21H19FN2O4/c1-14(25)16-5-7-18(8-6-16)27-13-19-12-20(24-28-19)21(26)23-10-9-15-3-2-4-17(22)11-15/h2-8,11-12H,9-10,13H2,1H3,(H,23,26). The molecule has 28 heavy (non-hydrogen) atoms. The van der Waals surface area contributed by atoms with Gasteiger partial charge in [0, 0.05) is 18.2 Å². The Morgan fingerprint density at radius 3 is 2.64 bits per heavy atom. The van der Waals surface area contributed by atoms with Crippen LogP contribution in [0.4, 0.5) is 4.39 Å². The molecule has 0 bridgehead atoms. The van der Waals surface area contributed by atoms with Crippen molar-refractivity contribution in [2.24, 2.45) is 0 Å². The molecule has 0 saturated carbocycles. The lowest BCUT2D eigenvalue weighted by Crippen LogP contribution is -2.25. The molecule has 3 aromatic rings. The summed E-state index contributed by atoms with van der Waals surface area (Å²) in [6.45, 7) is 1.95. The Morgan fingerprint density at radius 2 is 1.93 bits per heavy atom. The van der Waals surface area contributed by atoms with E-state index in [1.54, 1.807) is 36.4 Å². The quantitative estimate of drug-likeness (QED) is 0.603. The molecule has 0 aliphatic carbocycles. The monoisotopic (exact) mass is 382 g/mol. The lowest BCUT2D eigenvalue weighted by molar-refractivity contribution is 0.0943. The first-order chi connectivity index (χ1) is 13.5. The second-order valence-corrected chi connectivity index (χ2v) is 6.18. The van der Waals surface area contributed by atoms with Gasteiger partial charge in [0.1, 0.15) is 18.2 Å². The number of hydrogen-bond donors (Lipinski definition) is 1. The fourth-order valence-corrected chi connectivity index (χ4v) is 2.53. The van der Waals surface area contributed by atoms with Crippen molar-refractivity contribution in [3.8, 4) is 5.75 Å². The van der Waals surface area contributed by atoms with E-state index in [0.29, 0.717) is 30.0 Å². The number of halogens is 1. The Labute approximate surface area is 161 Å². The highest BCUT2D eigenvalue weighted by molar-refractivity contribution is 5.94. The molecule has 0 spiro atoms. The summed E-state index contributed by atoms with van der Waals surface area (Å²) in [4.78, 5) is 23.4. The number of carbonyl (C=O) groups is 2. The number of benzene rings is 2. The van der Waals surface area contributed by atoms with Gasteiger partial charge >= 0.3 is 0 Å². The van der Waals surface area contributed by atoms with E-state index in [1.807, 2.05) is 0 Å². The van der Waals surface area contributed by atoms with Crippen molar-refractivity contribution in [1.82, 2.24) is 10.5 Å². The van der Waals surface area contributed by atoms with Gasteiger partial charge in [-0.2, -0.15) is 0 Å². The Balaban J connectivity index is 1.47. The van der Waals surface area contributed by atoms with Gasteiger partial charge in [-0.3, -0.25) is 9.59 Å². The third kappa shape index (κ3) is 5.26. The molecule has 1 aromatic heterocycles. The largest absolute Gasteiger partial charge is 0.486 e. The van der Waals surface area contributed by atoms with Crippen molar-refractivity contribution in [3.63, 3.8) is 0 Å². The zero-order valence-electron chi connectivity index (χ0n) is 15.3. The lowest BCUT2D eigenvalue weighted by atomic mass is 10.1. The summed E-state index contributed by atoms with van der Waals surface area (Å²) in [7, 11) is 0. The number of ether oxygens (including phenoxy) is 1. The summed E-state index contributed by atoms with van der Waals surface area (Å²) in [5, 5.41) is 6.45. The van der Waals surface area contributed by atoms with Crippen molar-refractivity contribution in [2.45, 2.75) is 20.0 Å². The van der Waals surface area contributed by atoms with Crippen molar-refractivity contribution in [3.05, 3.63) is 83.0 Å². The van der Waals surface area contributed by atoms with E-state index < -0.39 is 0 Å². The Bertz CT molecular complexity index is 967. The minimum absolute atomic E-state index is 0.0187. The van der Waals surface area contributed by atoms with Crippen molar-refractivity contribution < 1.29 is 23.2 Å². The first-order valence-corrected chi connectivity index (χ1v) is 8.73. The maximum absolute atomic E-state index is 13.1. The summed E-state index contributed by atoms with van der Waals surface area (Å²) in [5.74, 6) is 0.265. The molecule has 1 amide bonds. The van der Waals surface area contributed by atoms with Crippen LogP contribution in [0, 0.1) is 5.82 Å². The highest BCUT2D eigenvalue weighted by atomic mass is 19.1. The number of aromatic nitrogens is 1. The number of ketones is 1. The third-order valence-corrected chi connectivity index (χ3v) is 4.02. The van der Waals surface area contributed by atoms with Gasteiger partial charge in [0.2, 0.25) is 0 Å². The average molecular weight is 382 g/mol. The summed E-state index contributed by atoms with van der Waals surface area (Å²) in [6.07, 6.45) is 0.508. The van der Waals surface area contributed by atoms with E-state index in [1.165, 1.54) is 25.1 Å². The van der Waals surface area contributed by atoms with Gasteiger partial charge in [-0.15, -0.1) is 0 Å². The van der Waals surface area contributed by atoms with Gasteiger partial charge in [-0.05, 0) is 55.3 Å². The summed E-state index contributed by atoms with van der Waals surface area (Å²) in [5.41, 5.74) is 1.54. The van der Waals surface area contributed by atoms with Crippen molar-refractivity contribution in [1.29, 1.82) is 0 Å². The lowest BCUT2D eigenvalue weighted by Gasteiger charge is -2.04. The van der Waals surface area contributed by atoms with E-state index in [9.17, 15) is 14.0 Å². The summed E-state index contributed by atoms with van der Waals surface area (Å²) in [6, 6.07) is 14.5. The SMILES string of the molecule is CC(=O)c1ccc(OCc2cc(C(=O)NCCc3cccc(F)c3)no2)cc1. The van der Waals surface area contributed by atoms with Gasteiger partial charge in [0.05, 0.1) is 0 Å². The number of hydrogen-bond acceptors (Lipinski definition) is 5. The molecular weight excluding hydrogens is 363 g/mol. The second kappa shape index (κ2) is 8.94. The molecule has 1 heterocycles. The molecule has 0 saturated heterocycles. The highest BCUT2D eigenvalue weighted by Gasteiger charge is 2.12. The molecule has 0 fully saturated rings. The molecular formula is C21H19FN2O4. The molecule has 0 unspecified atom stereocenters. The zero-order valence-corrected chi connectivity index (χ0v) is 15.3. The molecule has 7 heteroatoms. The van der Waals surface area contributed by atoms with Crippen LogP contribution in [0.5, 0.6) is 5.75 Å². The van der Waals surface area contributed by atoms with Crippen LogP contribution >= 0.6 is 0 Å². The van der Waals surface area contributed by atoms with Gasteiger partial charge in [-0.25, -0.2) is 4.39 Å². The predicted octanol–water partition coefficient (Wildman–Crippen LogP) is 3.57. The van der Waals surface area contributed by atoms with Crippen molar-refractivity contribution in [2.75, 3.05) is 6.54 Å². The minimum atomic E-state index is -0.378.